The molecule has 0 spiro atoms. The Morgan fingerprint density at radius 2 is 1.95 bits per heavy atom. The zero-order valence-electron chi connectivity index (χ0n) is 11.0. The number of rotatable bonds is 3. The van der Waals surface area contributed by atoms with Gasteiger partial charge in [-0.3, -0.25) is 4.98 Å². The molecule has 0 saturated heterocycles. The van der Waals surface area contributed by atoms with Crippen molar-refractivity contribution in [1.29, 1.82) is 0 Å². The number of hydrogen-bond donors (Lipinski definition) is 1. The first-order valence-electron chi connectivity index (χ1n) is 6.10. The van der Waals surface area contributed by atoms with Crippen LogP contribution in [0.25, 0.3) is 0 Å². The van der Waals surface area contributed by atoms with Gasteiger partial charge in [0.05, 0.1) is 11.7 Å². The second-order valence-electron chi connectivity index (χ2n) is 4.76. The molecule has 0 aliphatic rings. The SMILES string of the molecule is Cc1cnc(C(N)Cc2ccc(F)cc2F)c(C)c1. The van der Waals surface area contributed by atoms with Crippen LogP contribution in [-0.2, 0) is 6.42 Å². The van der Waals surface area contributed by atoms with E-state index in [9.17, 15) is 8.78 Å². The summed E-state index contributed by atoms with van der Waals surface area (Å²) in [6.45, 7) is 3.88. The number of hydrogen-bond acceptors (Lipinski definition) is 2. The molecule has 0 fully saturated rings. The normalized spacial score (nSPS) is 12.5. The number of benzene rings is 1. The Morgan fingerprint density at radius 3 is 2.58 bits per heavy atom. The molecule has 19 heavy (non-hydrogen) atoms. The van der Waals surface area contributed by atoms with Crippen LogP contribution in [0.1, 0.15) is 28.4 Å². The van der Waals surface area contributed by atoms with E-state index in [1.807, 2.05) is 19.9 Å². The third-order valence-corrected chi connectivity index (χ3v) is 3.06. The smallest absolute Gasteiger partial charge is 0.129 e. The molecule has 1 atom stereocenters. The standard InChI is InChI=1S/C15H16F2N2/c1-9-5-10(2)15(19-8-9)14(18)6-11-3-4-12(16)7-13(11)17/h3-5,7-8,14H,6,18H2,1-2H3. The molecule has 2 rings (SSSR count). The van der Waals surface area contributed by atoms with Gasteiger partial charge < -0.3 is 5.73 Å². The summed E-state index contributed by atoms with van der Waals surface area (Å²) >= 11 is 0. The molecule has 2 N–H and O–H groups in total. The average molecular weight is 262 g/mol. The Morgan fingerprint density at radius 1 is 1.21 bits per heavy atom. The van der Waals surface area contributed by atoms with E-state index in [1.165, 1.54) is 12.1 Å². The minimum atomic E-state index is -0.584. The highest BCUT2D eigenvalue weighted by Crippen LogP contribution is 2.20. The molecule has 1 heterocycles. The van der Waals surface area contributed by atoms with Gasteiger partial charge >= 0.3 is 0 Å². The highest BCUT2D eigenvalue weighted by Gasteiger charge is 2.14. The third-order valence-electron chi connectivity index (χ3n) is 3.06. The van der Waals surface area contributed by atoms with Crippen LogP contribution >= 0.6 is 0 Å². The van der Waals surface area contributed by atoms with E-state index in [0.29, 0.717) is 12.0 Å². The van der Waals surface area contributed by atoms with Crippen LogP contribution in [0.15, 0.2) is 30.5 Å². The zero-order valence-corrected chi connectivity index (χ0v) is 11.0. The Hall–Kier alpha value is -1.81. The highest BCUT2D eigenvalue weighted by atomic mass is 19.1. The summed E-state index contributed by atoms with van der Waals surface area (Å²) in [5.74, 6) is -1.15. The Bertz CT molecular complexity index is 597. The van der Waals surface area contributed by atoms with Crippen molar-refractivity contribution in [2.45, 2.75) is 26.3 Å². The average Bonchev–Trinajstić information content (AvgIpc) is 2.32. The molecule has 0 amide bonds. The maximum absolute atomic E-state index is 13.6. The lowest BCUT2D eigenvalue weighted by Crippen LogP contribution is -2.17. The van der Waals surface area contributed by atoms with Crippen LogP contribution in [0.4, 0.5) is 8.78 Å². The van der Waals surface area contributed by atoms with Gasteiger partial charge in [0.25, 0.3) is 0 Å². The van der Waals surface area contributed by atoms with Crippen LogP contribution in [-0.4, -0.2) is 4.98 Å². The second-order valence-corrected chi connectivity index (χ2v) is 4.76. The maximum atomic E-state index is 13.6. The number of nitrogens with two attached hydrogens (primary N) is 1. The monoisotopic (exact) mass is 262 g/mol. The maximum Gasteiger partial charge on any atom is 0.129 e. The lowest BCUT2D eigenvalue weighted by molar-refractivity contribution is 0.561. The predicted octanol–water partition coefficient (Wildman–Crippen LogP) is 3.22. The first-order chi connectivity index (χ1) is 8.97. The molecule has 2 aromatic rings. The van der Waals surface area contributed by atoms with Gasteiger partial charge in [0.2, 0.25) is 0 Å². The van der Waals surface area contributed by atoms with Crippen molar-refractivity contribution >= 4 is 0 Å². The molecule has 2 nitrogen and oxygen atoms in total. The van der Waals surface area contributed by atoms with Crippen molar-refractivity contribution in [3.8, 4) is 0 Å². The first-order valence-corrected chi connectivity index (χ1v) is 6.10. The van der Waals surface area contributed by atoms with Crippen LogP contribution in [0.5, 0.6) is 0 Å². The molecule has 4 heteroatoms. The molecular formula is C15H16F2N2. The van der Waals surface area contributed by atoms with Gasteiger partial charge in [-0.25, -0.2) is 8.78 Å². The molecule has 100 valence electrons. The second kappa shape index (κ2) is 5.45. The first kappa shape index (κ1) is 13.6. The van der Waals surface area contributed by atoms with Gasteiger partial charge in [-0.05, 0) is 43.0 Å². The molecule has 0 bridgehead atoms. The largest absolute Gasteiger partial charge is 0.322 e. The molecular weight excluding hydrogens is 246 g/mol. The van der Waals surface area contributed by atoms with Crippen molar-refractivity contribution in [2.24, 2.45) is 5.73 Å². The summed E-state index contributed by atoms with van der Waals surface area (Å²) in [4.78, 5) is 4.30. The van der Waals surface area contributed by atoms with E-state index in [-0.39, 0.29) is 0 Å². The highest BCUT2D eigenvalue weighted by molar-refractivity contribution is 5.28. The summed E-state index contributed by atoms with van der Waals surface area (Å²) < 4.78 is 26.4. The zero-order chi connectivity index (χ0) is 14.0. The molecule has 0 aliphatic heterocycles. The van der Waals surface area contributed by atoms with E-state index in [1.54, 1.807) is 6.20 Å². The molecule has 0 radical (unpaired) electrons. The molecule has 0 saturated carbocycles. The Balaban J connectivity index is 2.23. The van der Waals surface area contributed by atoms with Crippen LogP contribution < -0.4 is 5.73 Å². The minimum absolute atomic E-state index is 0.295. The van der Waals surface area contributed by atoms with Gasteiger partial charge in [-0.15, -0.1) is 0 Å². The van der Waals surface area contributed by atoms with Gasteiger partial charge in [0.1, 0.15) is 11.6 Å². The van der Waals surface area contributed by atoms with Crippen molar-refractivity contribution < 1.29 is 8.78 Å². The molecule has 0 aliphatic carbocycles. The van der Waals surface area contributed by atoms with Crippen LogP contribution in [0.3, 0.4) is 0 Å². The van der Waals surface area contributed by atoms with E-state index < -0.39 is 17.7 Å². The quantitative estimate of drug-likeness (QED) is 0.922. The topological polar surface area (TPSA) is 38.9 Å². The lowest BCUT2D eigenvalue weighted by atomic mass is 10.00. The van der Waals surface area contributed by atoms with Gasteiger partial charge in [-0.1, -0.05) is 12.1 Å². The summed E-state index contributed by atoms with van der Waals surface area (Å²) in [5.41, 5.74) is 9.24. The van der Waals surface area contributed by atoms with E-state index in [2.05, 4.69) is 4.98 Å². The number of halogens is 2. The molecule has 1 aromatic carbocycles. The third kappa shape index (κ3) is 3.15. The van der Waals surface area contributed by atoms with E-state index in [4.69, 9.17) is 5.73 Å². The van der Waals surface area contributed by atoms with Crippen LogP contribution in [0.2, 0.25) is 0 Å². The van der Waals surface area contributed by atoms with Crippen molar-refractivity contribution in [1.82, 2.24) is 4.98 Å². The fourth-order valence-electron chi connectivity index (χ4n) is 2.13. The van der Waals surface area contributed by atoms with Crippen molar-refractivity contribution in [3.63, 3.8) is 0 Å². The summed E-state index contributed by atoms with van der Waals surface area (Å²) in [7, 11) is 0. The summed E-state index contributed by atoms with van der Waals surface area (Å²) in [5, 5.41) is 0. The van der Waals surface area contributed by atoms with Gasteiger partial charge in [0.15, 0.2) is 0 Å². The fraction of sp³-hybridized carbons (Fsp3) is 0.267. The summed E-state index contributed by atoms with van der Waals surface area (Å²) in [6, 6.07) is 5.12. The van der Waals surface area contributed by atoms with Crippen LogP contribution in [0, 0.1) is 25.5 Å². The minimum Gasteiger partial charge on any atom is -0.322 e. The molecule has 1 aromatic heterocycles. The van der Waals surface area contributed by atoms with Crippen molar-refractivity contribution in [3.05, 3.63) is 64.5 Å². The van der Waals surface area contributed by atoms with Gasteiger partial charge in [-0.2, -0.15) is 0 Å². The lowest BCUT2D eigenvalue weighted by Gasteiger charge is -2.14. The van der Waals surface area contributed by atoms with Crippen molar-refractivity contribution in [2.75, 3.05) is 0 Å². The molecule has 1 unspecified atom stereocenters. The van der Waals surface area contributed by atoms with Gasteiger partial charge in [0, 0.05) is 12.3 Å². The Kier molecular flexibility index (Phi) is 3.90. The fourth-order valence-corrected chi connectivity index (χ4v) is 2.13. The number of aryl methyl sites for hydroxylation is 2. The number of pyridine rings is 1. The van der Waals surface area contributed by atoms with E-state index in [0.717, 1.165) is 22.9 Å². The Labute approximate surface area is 111 Å². The number of aromatic nitrogens is 1. The predicted molar refractivity (Wildman–Crippen MR) is 70.7 cm³/mol. The van der Waals surface area contributed by atoms with E-state index >= 15 is 0 Å². The number of nitrogens with zero attached hydrogens (tertiary/aromatic N) is 1. The summed E-state index contributed by atoms with van der Waals surface area (Å²) in [6.07, 6.45) is 2.03.